The van der Waals surface area contributed by atoms with Gasteiger partial charge in [-0.1, -0.05) is 12.2 Å². The van der Waals surface area contributed by atoms with Gasteiger partial charge in [-0.25, -0.2) is 4.98 Å². The number of ether oxygens (including phenoxy) is 1. The molecule has 2 rings (SSSR count). The van der Waals surface area contributed by atoms with Crippen LogP contribution >= 0.6 is 24.0 Å². The summed E-state index contributed by atoms with van der Waals surface area (Å²) >= 11 is 7.15. The van der Waals surface area contributed by atoms with E-state index in [4.69, 9.17) is 17.0 Å². The summed E-state index contributed by atoms with van der Waals surface area (Å²) in [6.45, 7) is 3.96. The largest absolute Gasteiger partial charge is 0.371 e. The summed E-state index contributed by atoms with van der Waals surface area (Å²) in [5, 5.41) is 0. The van der Waals surface area contributed by atoms with Crippen molar-refractivity contribution in [2.45, 2.75) is 31.0 Å². The number of H-pyrrole nitrogens is 1. The molecule has 0 fully saturated rings. The molecule has 3 nitrogen and oxygen atoms in total. The molecule has 5 heteroatoms. The Hall–Kier alpha value is -0.390. The van der Waals surface area contributed by atoms with Crippen LogP contribution in [0.25, 0.3) is 0 Å². The van der Waals surface area contributed by atoms with E-state index in [1.54, 1.807) is 7.11 Å². The van der Waals surface area contributed by atoms with E-state index in [2.05, 4.69) is 9.97 Å². The van der Waals surface area contributed by atoms with Crippen LogP contribution in [0, 0.1) is 4.64 Å². The first-order valence-electron chi connectivity index (χ1n) is 4.80. The minimum absolute atomic E-state index is 0.407. The Kier molecular flexibility index (Phi) is 2.87. The van der Waals surface area contributed by atoms with Crippen LogP contribution < -0.4 is 0 Å². The number of hydrogen-bond acceptors (Lipinski definition) is 4. The Morgan fingerprint density at radius 2 is 2.20 bits per heavy atom. The molecule has 0 bridgehead atoms. The lowest BCUT2D eigenvalue weighted by atomic mass is 10.1. The van der Waals surface area contributed by atoms with Gasteiger partial charge in [0.25, 0.3) is 0 Å². The maximum Gasteiger partial charge on any atom is 0.139 e. The van der Waals surface area contributed by atoms with Crippen molar-refractivity contribution in [1.29, 1.82) is 0 Å². The second kappa shape index (κ2) is 3.88. The minimum atomic E-state index is -0.407. The number of fused-ring (bicyclic) bond motifs is 1. The number of aromatic nitrogens is 2. The van der Waals surface area contributed by atoms with E-state index in [-0.39, 0.29) is 0 Å². The quantitative estimate of drug-likeness (QED) is 0.809. The molecule has 0 saturated carbocycles. The Labute approximate surface area is 98.6 Å². The lowest BCUT2D eigenvalue weighted by Gasteiger charge is -2.22. The Bertz CT molecular complexity index is 440. The molecule has 0 aliphatic carbocycles. The third-order valence-corrected chi connectivity index (χ3v) is 4.00. The van der Waals surface area contributed by atoms with E-state index in [1.807, 2.05) is 25.6 Å². The van der Waals surface area contributed by atoms with E-state index in [9.17, 15) is 0 Å². The SMILES string of the molecule is COC(C)(C)c1nc(=S)c2c([nH]1)CSC2. The predicted octanol–water partition coefficient (Wildman–Crippen LogP) is 2.77. The fourth-order valence-electron chi connectivity index (χ4n) is 1.45. The standard InChI is InChI=1S/C10H14N2OS2/c1-10(2,13-3)9-11-7-5-15-4-6(7)8(14)12-9/h4-5H2,1-3H3,(H,11,12,14). The summed E-state index contributed by atoms with van der Waals surface area (Å²) in [5.41, 5.74) is 1.99. The normalized spacial score (nSPS) is 15.4. The van der Waals surface area contributed by atoms with Gasteiger partial charge >= 0.3 is 0 Å². The van der Waals surface area contributed by atoms with E-state index >= 15 is 0 Å². The second-order valence-corrected chi connectivity index (χ2v) is 5.43. The molecule has 1 aliphatic heterocycles. The molecule has 1 aromatic rings. The zero-order valence-corrected chi connectivity index (χ0v) is 10.7. The minimum Gasteiger partial charge on any atom is -0.371 e. The van der Waals surface area contributed by atoms with Gasteiger partial charge in [0.05, 0.1) is 0 Å². The van der Waals surface area contributed by atoms with Crippen molar-refractivity contribution in [2.75, 3.05) is 7.11 Å². The molecule has 1 aromatic heterocycles. The van der Waals surface area contributed by atoms with Gasteiger partial charge in [0.1, 0.15) is 16.1 Å². The molecule has 1 N–H and O–H groups in total. The molecule has 15 heavy (non-hydrogen) atoms. The summed E-state index contributed by atoms with van der Waals surface area (Å²) in [6, 6.07) is 0. The van der Waals surface area contributed by atoms with Crippen LogP contribution in [-0.4, -0.2) is 17.1 Å². The molecule has 1 aliphatic rings. The molecular weight excluding hydrogens is 228 g/mol. The molecule has 82 valence electrons. The number of methoxy groups -OCH3 is 1. The Balaban J connectivity index is 2.53. The number of nitrogens with one attached hydrogen (secondary N) is 1. The summed E-state index contributed by atoms with van der Waals surface area (Å²) in [5.74, 6) is 2.79. The lowest BCUT2D eigenvalue weighted by Crippen LogP contribution is -2.23. The van der Waals surface area contributed by atoms with Crippen LogP contribution in [0.15, 0.2) is 0 Å². The summed E-state index contributed by atoms with van der Waals surface area (Å²) in [7, 11) is 1.68. The average Bonchev–Trinajstić information content (AvgIpc) is 2.66. The van der Waals surface area contributed by atoms with Crippen molar-refractivity contribution in [3.05, 3.63) is 21.7 Å². The number of hydrogen-bond donors (Lipinski definition) is 1. The van der Waals surface area contributed by atoms with Crippen molar-refractivity contribution in [2.24, 2.45) is 0 Å². The van der Waals surface area contributed by atoms with Crippen molar-refractivity contribution in [3.8, 4) is 0 Å². The van der Waals surface area contributed by atoms with Crippen LogP contribution in [0.5, 0.6) is 0 Å². The highest BCUT2D eigenvalue weighted by Gasteiger charge is 2.25. The van der Waals surface area contributed by atoms with Gasteiger partial charge in [0.2, 0.25) is 0 Å². The number of aromatic amines is 1. The van der Waals surface area contributed by atoms with Gasteiger partial charge in [-0.15, -0.1) is 0 Å². The van der Waals surface area contributed by atoms with Gasteiger partial charge in [-0.3, -0.25) is 0 Å². The molecule has 0 amide bonds. The topological polar surface area (TPSA) is 37.9 Å². The summed E-state index contributed by atoms with van der Waals surface area (Å²) < 4.78 is 6.11. The molecule has 0 atom stereocenters. The van der Waals surface area contributed by atoms with Crippen LogP contribution in [-0.2, 0) is 21.8 Å². The van der Waals surface area contributed by atoms with E-state index in [1.165, 1.54) is 11.3 Å². The third kappa shape index (κ3) is 1.96. The molecular formula is C10H14N2OS2. The van der Waals surface area contributed by atoms with E-state index in [0.717, 1.165) is 17.3 Å². The molecule has 0 aromatic carbocycles. The monoisotopic (exact) mass is 242 g/mol. The smallest absolute Gasteiger partial charge is 0.139 e. The highest BCUT2D eigenvalue weighted by molar-refractivity contribution is 7.98. The van der Waals surface area contributed by atoms with Gasteiger partial charge in [-0.2, -0.15) is 11.8 Å². The number of nitrogens with zero attached hydrogens (tertiary/aromatic N) is 1. The molecule has 0 radical (unpaired) electrons. The zero-order valence-electron chi connectivity index (χ0n) is 9.09. The van der Waals surface area contributed by atoms with E-state index in [0.29, 0.717) is 4.64 Å². The molecule has 2 heterocycles. The second-order valence-electron chi connectivity index (χ2n) is 4.05. The Morgan fingerprint density at radius 1 is 1.47 bits per heavy atom. The molecule has 0 saturated heterocycles. The van der Waals surface area contributed by atoms with Crippen molar-refractivity contribution < 1.29 is 4.74 Å². The lowest BCUT2D eigenvalue weighted by molar-refractivity contribution is 0.0112. The number of rotatable bonds is 2. The fourth-order valence-corrected chi connectivity index (χ4v) is 2.90. The van der Waals surface area contributed by atoms with Crippen LogP contribution in [0.3, 0.4) is 0 Å². The first-order valence-corrected chi connectivity index (χ1v) is 6.36. The van der Waals surface area contributed by atoms with E-state index < -0.39 is 5.60 Å². The predicted molar refractivity (Wildman–Crippen MR) is 64.5 cm³/mol. The summed E-state index contributed by atoms with van der Waals surface area (Å²) in [6.07, 6.45) is 0. The third-order valence-electron chi connectivity index (χ3n) is 2.68. The van der Waals surface area contributed by atoms with Crippen LogP contribution in [0.4, 0.5) is 0 Å². The highest BCUT2D eigenvalue weighted by Crippen LogP contribution is 2.30. The molecule has 0 unspecified atom stereocenters. The average molecular weight is 242 g/mol. The Morgan fingerprint density at radius 3 is 2.87 bits per heavy atom. The highest BCUT2D eigenvalue weighted by atomic mass is 32.2. The van der Waals surface area contributed by atoms with Gasteiger partial charge in [0, 0.05) is 29.9 Å². The van der Waals surface area contributed by atoms with Crippen molar-refractivity contribution >= 4 is 24.0 Å². The van der Waals surface area contributed by atoms with Crippen molar-refractivity contribution in [3.63, 3.8) is 0 Å². The maximum absolute atomic E-state index is 5.39. The van der Waals surface area contributed by atoms with Gasteiger partial charge in [-0.05, 0) is 13.8 Å². The fraction of sp³-hybridized carbons (Fsp3) is 0.600. The van der Waals surface area contributed by atoms with Crippen molar-refractivity contribution in [1.82, 2.24) is 9.97 Å². The first-order chi connectivity index (χ1) is 7.04. The van der Waals surface area contributed by atoms with Gasteiger partial charge in [0.15, 0.2) is 0 Å². The van der Waals surface area contributed by atoms with Crippen LogP contribution in [0.2, 0.25) is 0 Å². The van der Waals surface area contributed by atoms with Crippen LogP contribution in [0.1, 0.15) is 30.9 Å². The molecule has 0 spiro atoms. The number of thioether (sulfide) groups is 1. The summed E-state index contributed by atoms with van der Waals surface area (Å²) in [4.78, 5) is 7.74. The zero-order chi connectivity index (χ0) is 11.1. The van der Waals surface area contributed by atoms with Gasteiger partial charge < -0.3 is 9.72 Å². The first kappa shape index (κ1) is 11.1. The maximum atomic E-state index is 5.39.